The summed E-state index contributed by atoms with van der Waals surface area (Å²) in [7, 11) is 1.37. The van der Waals surface area contributed by atoms with Crippen molar-refractivity contribution in [3.8, 4) is 0 Å². The van der Waals surface area contributed by atoms with E-state index in [1.807, 2.05) is 18.2 Å². The van der Waals surface area contributed by atoms with Crippen molar-refractivity contribution in [3.63, 3.8) is 0 Å². The fraction of sp³-hybridized carbons (Fsp3) is 0.143. The molecule has 2 rings (SSSR count). The summed E-state index contributed by atoms with van der Waals surface area (Å²) in [4.78, 5) is 15.7. The van der Waals surface area contributed by atoms with Crippen molar-refractivity contribution in [2.75, 3.05) is 7.11 Å². The summed E-state index contributed by atoms with van der Waals surface area (Å²) < 4.78 is 6.56. The number of benzene rings is 1. The van der Waals surface area contributed by atoms with Gasteiger partial charge in [0.25, 0.3) is 0 Å². The average molecular weight is 417 g/mol. The maximum atomic E-state index is 11.4. The van der Waals surface area contributed by atoms with E-state index in [0.717, 1.165) is 25.3 Å². The van der Waals surface area contributed by atoms with Gasteiger partial charge in [-0.25, -0.2) is 9.78 Å². The Balaban J connectivity index is 2.11. The lowest BCUT2D eigenvalue weighted by molar-refractivity contribution is 0.0600. The highest BCUT2D eigenvalue weighted by Gasteiger charge is 2.09. The molecule has 0 N–H and O–H groups in total. The Bertz CT molecular complexity index is 634. The number of methoxy groups -OCH3 is 1. The number of esters is 1. The van der Waals surface area contributed by atoms with E-state index in [9.17, 15) is 4.79 Å². The van der Waals surface area contributed by atoms with E-state index in [4.69, 9.17) is 4.74 Å². The van der Waals surface area contributed by atoms with E-state index in [1.54, 1.807) is 30.1 Å². The molecule has 0 unspecified atom stereocenters. The zero-order valence-electron chi connectivity index (χ0n) is 10.6. The molecule has 20 heavy (non-hydrogen) atoms. The Hall–Kier alpha value is -0.850. The maximum absolute atomic E-state index is 11.4. The van der Waals surface area contributed by atoms with Crippen LogP contribution in [0.4, 0.5) is 0 Å². The molecule has 6 heteroatoms. The molecule has 3 nitrogen and oxygen atoms in total. The fourth-order valence-electron chi connectivity index (χ4n) is 1.53. The van der Waals surface area contributed by atoms with Gasteiger partial charge >= 0.3 is 5.97 Å². The Morgan fingerprint density at radius 1 is 1.30 bits per heavy atom. The highest BCUT2D eigenvalue weighted by atomic mass is 79.9. The van der Waals surface area contributed by atoms with Crippen LogP contribution in [0.1, 0.15) is 15.9 Å². The number of hydrogen-bond donors (Lipinski definition) is 0. The van der Waals surface area contributed by atoms with Crippen LogP contribution in [0.25, 0.3) is 0 Å². The number of thioether (sulfide) groups is 1. The van der Waals surface area contributed by atoms with Crippen LogP contribution in [-0.2, 0) is 10.5 Å². The number of rotatable bonds is 4. The molecular formula is C14H11Br2NO2S. The third-order valence-electron chi connectivity index (χ3n) is 2.56. The molecular weight excluding hydrogens is 406 g/mol. The Kier molecular flexibility index (Phi) is 5.63. The Morgan fingerprint density at radius 3 is 2.75 bits per heavy atom. The highest BCUT2D eigenvalue weighted by molar-refractivity contribution is 9.10. The van der Waals surface area contributed by atoms with Gasteiger partial charge in [-0.1, -0.05) is 22.0 Å². The Labute approximate surface area is 138 Å². The number of halogens is 2. The molecule has 0 aliphatic rings. The maximum Gasteiger partial charge on any atom is 0.337 e. The summed E-state index contributed by atoms with van der Waals surface area (Å²) in [5.41, 5.74) is 1.63. The molecule has 1 aromatic carbocycles. The van der Waals surface area contributed by atoms with Crippen LogP contribution in [0.5, 0.6) is 0 Å². The first-order valence-corrected chi connectivity index (χ1v) is 8.29. The van der Waals surface area contributed by atoms with Crippen LogP contribution >= 0.6 is 43.6 Å². The minimum Gasteiger partial charge on any atom is -0.465 e. The molecule has 2 aromatic rings. The average Bonchev–Trinajstić information content (AvgIpc) is 2.46. The third-order valence-corrected chi connectivity index (χ3v) is 5.26. The van der Waals surface area contributed by atoms with Gasteiger partial charge in [0.05, 0.1) is 12.7 Å². The van der Waals surface area contributed by atoms with Crippen molar-refractivity contribution in [1.29, 1.82) is 0 Å². The largest absolute Gasteiger partial charge is 0.465 e. The first-order chi connectivity index (χ1) is 9.61. The molecule has 0 aliphatic heterocycles. The quantitative estimate of drug-likeness (QED) is 0.535. The normalized spacial score (nSPS) is 10.3. The summed E-state index contributed by atoms with van der Waals surface area (Å²) in [6.45, 7) is 0. The number of aromatic nitrogens is 1. The Morgan fingerprint density at radius 2 is 2.10 bits per heavy atom. The van der Waals surface area contributed by atoms with Crippen molar-refractivity contribution in [2.45, 2.75) is 10.8 Å². The van der Waals surface area contributed by atoms with Gasteiger partial charge < -0.3 is 4.74 Å². The van der Waals surface area contributed by atoms with Crippen LogP contribution in [0.15, 0.2) is 50.5 Å². The van der Waals surface area contributed by atoms with Crippen LogP contribution in [0, 0.1) is 0 Å². The van der Waals surface area contributed by atoms with E-state index < -0.39 is 0 Å². The number of ether oxygens (including phenoxy) is 1. The molecule has 0 fully saturated rings. The van der Waals surface area contributed by atoms with Crippen LogP contribution in [0.2, 0.25) is 0 Å². The molecule has 1 aromatic heterocycles. The molecule has 0 bridgehead atoms. The number of pyridine rings is 1. The van der Waals surface area contributed by atoms with Gasteiger partial charge in [0.2, 0.25) is 0 Å². The van der Waals surface area contributed by atoms with E-state index in [0.29, 0.717) is 5.56 Å². The van der Waals surface area contributed by atoms with E-state index >= 15 is 0 Å². The lowest BCUT2D eigenvalue weighted by atomic mass is 10.1. The van der Waals surface area contributed by atoms with E-state index in [-0.39, 0.29) is 5.97 Å². The van der Waals surface area contributed by atoms with Gasteiger partial charge in [-0.3, -0.25) is 0 Å². The van der Waals surface area contributed by atoms with Crippen molar-refractivity contribution in [3.05, 3.63) is 56.6 Å². The van der Waals surface area contributed by atoms with Crippen molar-refractivity contribution in [2.24, 2.45) is 0 Å². The van der Waals surface area contributed by atoms with Crippen LogP contribution < -0.4 is 0 Å². The number of carbonyl (C=O) groups excluding carboxylic acids is 1. The topological polar surface area (TPSA) is 39.2 Å². The van der Waals surface area contributed by atoms with Gasteiger partial charge in [0.1, 0.15) is 5.03 Å². The number of hydrogen-bond acceptors (Lipinski definition) is 4. The van der Waals surface area contributed by atoms with Gasteiger partial charge in [-0.05, 0) is 45.8 Å². The second-order valence-electron chi connectivity index (χ2n) is 3.88. The van der Waals surface area contributed by atoms with Crippen LogP contribution in [0.3, 0.4) is 0 Å². The lowest BCUT2D eigenvalue weighted by Gasteiger charge is -2.07. The molecule has 0 radical (unpaired) electrons. The second kappa shape index (κ2) is 7.24. The summed E-state index contributed by atoms with van der Waals surface area (Å²) >= 11 is 8.59. The summed E-state index contributed by atoms with van der Waals surface area (Å²) in [5, 5.41) is 0.941. The molecule has 0 atom stereocenters. The zero-order chi connectivity index (χ0) is 14.5. The first kappa shape index (κ1) is 15.5. The molecule has 0 amide bonds. The molecule has 0 aliphatic carbocycles. The van der Waals surface area contributed by atoms with E-state index in [2.05, 4.69) is 36.8 Å². The standard InChI is InChI=1S/C14H11Br2NO2S/c1-19-14(18)9-4-5-10(12(16)7-9)8-20-13-11(15)3-2-6-17-13/h2-7H,8H2,1H3. The minimum absolute atomic E-state index is 0.336. The summed E-state index contributed by atoms with van der Waals surface area (Å²) in [6.07, 6.45) is 1.77. The smallest absolute Gasteiger partial charge is 0.337 e. The van der Waals surface area contributed by atoms with Gasteiger partial charge in [0.15, 0.2) is 0 Å². The molecule has 1 heterocycles. The second-order valence-corrected chi connectivity index (χ2v) is 6.55. The van der Waals surface area contributed by atoms with Gasteiger partial charge in [-0.15, -0.1) is 11.8 Å². The zero-order valence-corrected chi connectivity index (χ0v) is 14.6. The first-order valence-electron chi connectivity index (χ1n) is 5.72. The molecule has 0 spiro atoms. The number of nitrogens with zero attached hydrogens (tertiary/aromatic N) is 1. The van der Waals surface area contributed by atoms with E-state index in [1.165, 1.54) is 7.11 Å². The summed E-state index contributed by atoms with van der Waals surface area (Å²) in [6, 6.07) is 9.30. The minimum atomic E-state index is -0.336. The lowest BCUT2D eigenvalue weighted by Crippen LogP contribution is -2.01. The molecule has 0 saturated carbocycles. The highest BCUT2D eigenvalue weighted by Crippen LogP contribution is 2.30. The molecule has 104 valence electrons. The number of carbonyl (C=O) groups is 1. The van der Waals surface area contributed by atoms with Crippen molar-refractivity contribution >= 4 is 49.6 Å². The van der Waals surface area contributed by atoms with Gasteiger partial charge in [-0.2, -0.15) is 0 Å². The fourth-order valence-corrected chi connectivity index (χ4v) is 3.72. The third kappa shape index (κ3) is 3.84. The monoisotopic (exact) mass is 415 g/mol. The SMILES string of the molecule is COC(=O)c1ccc(CSc2ncccc2Br)c(Br)c1. The van der Waals surface area contributed by atoms with Crippen molar-refractivity contribution < 1.29 is 9.53 Å². The van der Waals surface area contributed by atoms with Gasteiger partial charge in [0, 0.05) is 20.9 Å². The van der Waals surface area contributed by atoms with Crippen molar-refractivity contribution in [1.82, 2.24) is 4.98 Å². The predicted molar refractivity (Wildman–Crippen MR) is 87.0 cm³/mol. The summed E-state index contributed by atoms with van der Waals surface area (Å²) in [5.74, 6) is 0.426. The molecule has 0 saturated heterocycles. The van der Waals surface area contributed by atoms with Crippen LogP contribution in [-0.4, -0.2) is 18.1 Å². The predicted octanol–water partition coefficient (Wildman–Crippen LogP) is 4.69.